The highest BCUT2D eigenvalue weighted by molar-refractivity contribution is 6.31. The van der Waals surface area contributed by atoms with Crippen molar-refractivity contribution < 1.29 is 14.0 Å². The van der Waals surface area contributed by atoms with Gasteiger partial charge in [0.15, 0.2) is 0 Å². The molecule has 6 heteroatoms. The van der Waals surface area contributed by atoms with E-state index in [2.05, 4.69) is 10.6 Å². The molecule has 4 nitrogen and oxygen atoms in total. The Hall–Kier alpha value is -2.40. The van der Waals surface area contributed by atoms with Crippen molar-refractivity contribution in [1.29, 1.82) is 0 Å². The lowest BCUT2D eigenvalue weighted by Gasteiger charge is -2.23. The van der Waals surface area contributed by atoms with Crippen molar-refractivity contribution in [3.63, 3.8) is 0 Å². The average molecular weight is 377 g/mol. The summed E-state index contributed by atoms with van der Waals surface area (Å²) in [5.41, 5.74) is 0.479. The van der Waals surface area contributed by atoms with Gasteiger partial charge < -0.3 is 10.6 Å². The molecule has 26 heavy (non-hydrogen) atoms. The van der Waals surface area contributed by atoms with Crippen molar-refractivity contribution in [3.05, 3.63) is 70.5 Å². The molecule has 0 atom stereocenters. The van der Waals surface area contributed by atoms with E-state index >= 15 is 0 Å². The number of amides is 2. The van der Waals surface area contributed by atoms with Crippen molar-refractivity contribution in [2.75, 3.05) is 6.54 Å². The Labute approximate surface area is 157 Å². The minimum Gasteiger partial charge on any atom is -0.355 e. The van der Waals surface area contributed by atoms with Crippen LogP contribution in [0.4, 0.5) is 4.39 Å². The fourth-order valence-electron chi connectivity index (χ4n) is 2.33. The first-order valence-electron chi connectivity index (χ1n) is 8.35. The lowest BCUT2D eigenvalue weighted by Crippen LogP contribution is -2.48. The van der Waals surface area contributed by atoms with Crippen molar-refractivity contribution in [2.45, 2.75) is 26.8 Å². The minimum absolute atomic E-state index is 0.255. The summed E-state index contributed by atoms with van der Waals surface area (Å²) in [7, 11) is 0. The van der Waals surface area contributed by atoms with E-state index in [4.69, 9.17) is 11.6 Å². The van der Waals surface area contributed by atoms with E-state index in [1.165, 1.54) is 12.1 Å². The summed E-state index contributed by atoms with van der Waals surface area (Å²) < 4.78 is 12.9. The fourth-order valence-corrected chi connectivity index (χ4v) is 2.54. The smallest absolute Gasteiger partial charge is 0.235 e. The molecule has 0 saturated heterocycles. The summed E-state index contributed by atoms with van der Waals surface area (Å²) >= 11 is 6.07. The van der Waals surface area contributed by atoms with Crippen LogP contribution >= 0.6 is 11.6 Å². The Kier molecular flexibility index (Phi) is 6.75. The first-order chi connectivity index (χ1) is 12.3. The molecule has 2 rings (SSSR count). The second-order valence-corrected chi connectivity index (χ2v) is 6.94. The zero-order chi connectivity index (χ0) is 19.2. The Morgan fingerprint density at radius 2 is 1.62 bits per heavy atom. The molecule has 0 unspecified atom stereocenters. The minimum atomic E-state index is -1.22. The zero-order valence-corrected chi connectivity index (χ0v) is 15.6. The van der Waals surface area contributed by atoms with Crippen LogP contribution in [0.2, 0.25) is 5.02 Å². The Morgan fingerprint density at radius 3 is 2.27 bits per heavy atom. The Balaban J connectivity index is 1.84. The van der Waals surface area contributed by atoms with Crippen molar-refractivity contribution in [1.82, 2.24) is 10.6 Å². The summed E-state index contributed by atoms with van der Waals surface area (Å²) in [5.74, 6) is -1.04. The van der Waals surface area contributed by atoms with Crippen molar-refractivity contribution in [2.24, 2.45) is 5.41 Å². The highest BCUT2D eigenvalue weighted by Crippen LogP contribution is 2.18. The van der Waals surface area contributed by atoms with Crippen LogP contribution in [-0.4, -0.2) is 18.4 Å². The van der Waals surface area contributed by atoms with Gasteiger partial charge in [0.2, 0.25) is 11.8 Å². The first-order valence-corrected chi connectivity index (χ1v) is 8.73. The molecule has 0 aliphatic heterocycles. The molecule has 0 aliphatic carbocycles. The van der Waals surface area contributed by atoms with Crippen molar-refractivity contribution >= 4 is 23.4 Å². The number of hydrogen-bond donors (Lipinski definition) is 2. The monoisotopic (exact) mass is 376 g/mol. The van der Waals surface area contributed by atoms with Crippen LogP contribution in [0.15, 0.2) is 48.5 Å². The lowest BCUT2D eigenvalue weighted by atomic mass is 9.91. The third-order valence-electron chi connectivity index (χ3n) is 4.15. The summed E-state index contributed by atoms with van der Waals surface area (Å²) in [5, 5.41) is 6.07. The number of carbonyl (C=O) groups excluding carboxylic acids is 2. The molecular formula is C20H22ClFN2O2. The van der Waals surface area contributed by atoms with Crippen LogP contribution in [0.25, 0.3) is 0 Å². The van der Waals surface area contributed by atoms with Crippen LogP contribution in [-0.2, 0) is 22.6 Å². The summed E-state index contributed by atoms with van der Waals surface area (Å²) in [6.45, 7) is 3.76. The van der Waals surface area contributed by atoms with Gasteiger partial charge in [0.25, 0.3) is 0 Å². The normalized spacial score (nSPS) is 11.1. The van der Waals surface area contributed by atoms with Gasteiger partial charge in [0.1, 0.15) is 11.2 Å². The number of nitrogens with one attached hydrogen (secondary N) is 2. The van der Waals surface area contributed by atoms with Gasteiger partial charge in [-0.25, -0.2) is 4.39 Å². The topological polar surface area (TPSA) is 58.2 Å². The van der Waals surface area contributed by atoms with Gasteiger partial charge in [-0.05, 0) is 49.6 Å². The maximum absolute atomic E-state index is 12.9. The molecule has 2 aromatic carbocycles. The van der Waals surface area contributed by atoms with Gasteiger partial charge in [-0.3, -0.25) is 9.59 Å². The molecular weight excluding hydrogens is 355 g/mol. The molecule has 2 aromatic rings. The molecule has 0 bridgehead atoms. The molecule has 0 aliphatic rings. The Bertz CT molecular complexity index is 776. The molecule has 0 saturated carbocycles. The van der Waals surface area contributed by atoms with E-state index in [1.807, 2.05) is 18.2 Å². The van der Waals surface area contributed by atoms with E-state index in [9.17, 15) is 14.0 Å². The molecule has 0 heterocycles. The van der Waals surface area contributed by atoms with E-state index < -0.39 is 5.41 Å². The fraction of sp³-hybridized carbons (Fsp3) is 0.300. The Morgan fingerprint density at radius 1 is 1.00 bits per heavy atom. The van der Waals surface area contributed by atoms with Gasteiger partial charge in [0, 0.05) is 18.1 Å². The molecule has 0 aromatic heterocycles. The van der Waals surface area contributed by atoms with Crippen LogP contribution < -0.4 is 10.6 Å². The highest BCUT2D eigenvalue weighted by Gasteiger charge is 2.35. The second-order valence-electron chi connectivity index (χ2n) is 6.53. The SMILES string of the molecule is CC(C)(C(=O)NCCc1ccc(F)cc1)C(=O)NCc1ccccc1Cl. The lowest BCUT2D eigenvalue weighted by molar-refractivity contribution is -0.141. The number of carbonyl (C=O) groups is 2. The van der Waals surface area contributed by atoms with Crippen LogP contribution in [0.1, 0.15) is 25.0 Å². The number of rotatable bonds is 7. The highest BCUT2D eigenvalue weighted by atomic mass is 35.5. The number of hydrogen-bond acceptors (Lipinski definition) is 2. The third-order valence-corrected chi connectivity index (χ3v) is 4.51. The van der Waals surface area contributed by atoms with E-state index in [1.54, 1.807) is 32.0 Å². The zero-order valence-electron chi connectivity index (χ0n) is 14.8. The summed E-state index contributed by atoms with van der Waals surface area (Å²) in [6.07, 6.45) is 0.559. The predicted octanol–water partition coefficient (Wildman–Crippen LogP) is 3.48. The molecule has 0 spiro atoms. The van der Waals surface area contributed by atoms with E-state index in [0.29, 0.717) is 18.0 Å². The van der Waals surface area contributed by atoms with Crippen molar-refractivity contribution in [3.8, 4) is 0 Å². The standard InChI is InChI=1S/C20H22ClFN2O2/c1-20(2,19(26)24-13-15-5-3-4-6-17(15)21)18(25)23-12-11-14-7-9-16(22)10-8-14/h3-10H,11-13H2,1-2H3,(H,23,25)(H,24,26). The van der Waals surface area contributed by atoms with Gasteiger partial charge >= 0.3 is 0 Å². The van der Waals surface area contributed by atoms with Gasteiger partial charge in [-0.1, -0.05) is 41.9 Å². The average Bonchev–Trinajstić information content (AvgIpc) is 2.62. The number of halogens is 2. The maximum atomic E-state index is 12.9. The molecule has 138 valence electrons. The maximum Gasteiger partial charge on any atom is 0.235 e. The van der Waals surface area contributed by atoms with Crippen LogP contribution in [0, 0.1) is 11.2 Å². The molecule has 0 fully saturated rings. The number of benzene rings is 2. The summed E-state index contributed by atoms with van der Waals surface area (Å²) in [6, 6.07) is 13.3. The van der Waals surface area contributed by atoms with Gasteiger partial charge in [-0.15, -0.1) is 0 Å². The second kappa shape index (κ2) is 8.81. The van der Waals surface area contributed by atoms with Crippen LogP contribution in [0.5, 0.6) is 0 Å². The van der Waals surface area contributed by atoms with Crippen LogP contribution in [0.3, 0.4) is 0 Å². The molecule has 0 radical (unpaired) electrons. The first kappa shape index (κ1) is 19.9. The van der Waals surface area contributed by atoms with Gasteiger partial charge in [0.05, 0.1) is 0 Å². The van der Waals surface area contributed by atoms with E-state index in [-0.39, 0.29) is 24.2 Å². The van der Waals surface area contributed by atoms with E-state index in [0.717, 1.165) is 11.1 Å². The molecule has 2 N–H and O–H groups in total. The summed E-state index contributed by atoms with van der Waals surface area (Å²) in [4.78, 5) is 24.8. The quantitative estimate of drug-likeness (QED) is 0.727. The predicted molar refractivity (Wildman–Crippen MR) is 100 cm³/mol. The molecule has 2 amide bonds. The van der Waals surface area contributed by atoms with Gasteiger partial charge in [-0.2, -0.15) is 0 Å². The largest absolute Gasteiger partial charge is 0.355 e. The third kappa shape index (κ3) is 5.30.